The van der Waals surface area contributed by atoms with Crippen LogP contribution in [-0.4, -0.2) is 5.11 Å². The van der Waals surface area contributed by atoms with Crippen LogP contribution in [0.3, 0.4) is 0 Å². The zero-order valence-electron chi connectivity index (χ0n) is 11.0. The number of benzene rings is 2. The van der Waals surface area contributed by atoms with E-state index in [0.29, 0.717) is 10.9 Å². The summed E-state index contributed by atoms with van der Waals surface area (Å²) < 4.78 is 13.7. The number of halogens is 2. The maximum Gasteiger partial charge on any atom is 0.124 e. The molecule has 0 fully saturated rings. The molecule has 1 N–H and O–H groups in total. The third-order valence-electron chi connectivity index (χ3n) is 3.34. The highest BCUT2D eigenvalue weighted by Gasteiger charge is 2.12. The Labute approximate surface area is 121 Å². The van der Waals surface area contributed by atoms with Crippen molar-refractivity contribution in [3.8, 4) is 0 Å². The number of rotatable bonds is 3. The monoisotopic (exact) mass is 322 g/mol. The van der Waals surface area contributed by atoms with E-state index in [2.05, 4.69) is 15.9 Å². The van der Waals surface area contributed by atoms with Crippen molar-refractivity contribution in [1.82, 2.24) is 0 Å². The van der Waals surface area contributed by atoms with E-state index in [4.69, 9.17) is 0 Å². The van der Waals surface area contributed by atoms with Crippen molar-refractivity contribution in [3.63, 3.8) is 0 Å². The van der Waals surface area contributed by atoms with Gasteiger partial charge in [0.15, 0.2) is 0 Å². The van der Waals surface area contributed by atoms with Crippen LogP contribution < -0.4 is 0 Å². The molecule has 0 radical (unpaired) electrons. The summed E-state index contributed by atoms with van der Waals surface area (Å²) in [7, 11) is 0. The molecule has 1 atom stereocenters. The lowest BCUT2D eigenvalue weighted by molar-refractivity contribution is 0.178. The maximum atomic E-state index is 13.0. The summed E-state index contributed by atoms with van der Waals surface area (Å²) in [6.07, 6.45) is -0.121. The van der Waals surface area contributed by atoms with E-state index >= 15 is 0 Å². The Morgan fingerprint density at radius 1 is 1.11 bits per heavy atom. The minimum absolute atomic E-state index is 0.281. The lowest BCUT2D eigenvalue weighted by atomic mass is 9.98. The van der Waals surface area contributed by atoms with E-state index in [1.165, 1.54) is 17.7 Å². The topological polar surface area (TPSA) is 20.2 Å². The van der Waals surface area contributed by atoms with Crippen molar-refractivity contribution < 1.29 is 9.50 Å². The van der Waals surface area contributed by atoms with Crippen molar-refractivity contribution >= 4 is 15.9 Å². The first-order valence-electron chi connectivity index (χ1n) is 6.16. The average molecular weight is 323 g/mol. The van der Waals surface area contributed by atoms with Crippen LogP contribution in [-0.2, 0) is 6.42 Å². The molecule has 0 aromatic heterocycles. The van der Waals surface area contributed by atoms with Crippen molar-refractivity contribution in [2.24, 2.45) is 0 Å². The van der Waals surface area contributed by atoms with Crippen molar-refractivity contribution in [1.29, 1.82) is 0 Å². The number of aryl methyl sites for hydroxylation is 2. The molecule has 1 nitrogen and oxygen atoms in total. The van der Waals surface area contributed by atoms with Gasteiger partial charge in [-0.1, -0.05) is 40.2 Å². The Kier molecular flexibility index (Phi) is 4.38. The van der Waals surface area contributed by atoms with Crippen LogP contribution in [0.25, 0.3) is 0 Å². The van der Waals surface area contributed by atoms with Gasteiger partial charge in [0, 0.05) is 10.9 Å². The smallest absolute Gasteiger partial charge is 0.124 e. The van der Waals surface area contributed by atoms with Crippen LogP contribution in [0.4, 0.5) is 4.39 Å². The number of aliphatic hydroxyl groups is 1. The van der Waals surface area contributed by atoms with Crippen LogP contribution in [0.15, 0.2) is 40.9 Å². The van der Waals surface area contributed by atoms with Crippen molar-refractivity contribution in [2.75, 3.05) is 0 Å². The Morgan fingerprint density at radius 3 is 2.47 bits per heavy atom. The first-order chi connectivity index (χ1) is 8.97. The quantitative estimate of drug-likeness (QED) is 0.883. The first kappa shape index (κ1) is 14.2. The minimum Gasteiger partial charge on any atom is -0.388 e. The summed E-state index contributed by atoms with van der Waals surface area (Å²) in [5.74, 6) is -0.281. The van der Waals surface area contributed by atoms with Gasteiger partial charge in [-0.3, -0.25) is 0 Å². The summed E-state index contributed by atoms with van der Waals surface area (Å²) in [6.45, 7) is 4.07. The molecule has 0 saturated carbocycles. The fourth-order valence-electron chi connectivity index (χ4n) is 1.99. The highest BCUT2D eigenvalue weighted by molar-refractivity contribution is 9.10. The lowest BCUT2D eigenvalue weighted by Crippen LogP contribution is -2.03. The Bertz CT molecular complexity index is 595. The second kappa shape index (κ2) is 5.85. The van der Waals surface area contributed by atoms with Gasteiger partial charge < -0.3 is 5.11 Å². The second-order valence-corrected chi connectivity index (χ2v) is 5.65. The maximum absolute atomic E-state index is 13.0. The average Bonchev–Trinajstić information content (AvgIpc) is 2.36. The molecule has 3 heteroatoms. The SMILES string of the molecule is Cc1ccc(C(O)Cc2ccc(F)cc2Br)cc1C. The third-order valence-corrected chi connectivity index (χ3v) is 4.08. The summed E-state index contributed by atoms with van der Waals surface area (Å²) >= 11 is 3.32. The van der Waals surface area contributed by atoms with Gasteiger partial charge >= 0.3 is 0 Å². The summed E-state index contributed by atoms with van der Waals surface area (Å²) in [6, 6.07) is 10.5. The highest BCUT2D eigenvalue weighted by Crippen LogP contribution is 2.25. The molecule has 0 aliphatic carbocycles. The molecule has 0 bridgehead atoms. The molecule has 2 rings (SSSR count). The molecule has 0 amide bonds. The molecule has 0 aliphatic heterocycles. The molecule has 0 saturated heterocycles. The first-order valence-corrected chi connectivity index (χ1v) is 6.96. The number of hydrogen-bond donors (Lipinski definition) is 1. The number of aliphatic hydroxyl groups excluding tert-OH is 1. The highest BCUT2D eigenvalue weighted by atomic mass is 79.9. The van der Waals surface area contributed by atoms with E-state index in [9.17, 15) is 9.50 Å². The van der Waals surface area contributed by atoms with Crippen molar-refractivity contribution in [2.45, 2.75) is 26.4 Å². The summed E-state index contributed by atoms with van der Waals surface area (Å²) in [5, 5.41) is 10.3. The van der Waals surface area contributed by atoms with Crippen LogP contribution in [0, 0.1) is 19.7 Å². The van der Waals surface area contributed by atoms with E-state index in [0.717, 1.165) is 16.7 Å². The molecule has 1 unspecified atom stereocenters. The van der Waals surface area contributed by atoms with Gasteiger partial charge in [-0.15, -0.1) is 0 Å². The van der Waals surface area contributed by atoms with Crippen LogP contribution in [0.1, 0.15) is 28.4 Å². The third kappa shape index (κ3) is 3.43. The molecule has 0 heterocycles. The zero-order chi connectivity index (χ0) is 14.0. The normalized spacial score (nSPS) is 12.5. The predicted molar refractivity (Wildman–Crippen MR) is 78.7 cm³/mol. The van der Waals surface area contributed by atoms with E-state index < -0.39 is 6.10 Å². The van der Waals surface area contributed by atoms with Crippen LogP contribution >= 0.6 is 15.9 Å². The predicted octanol–water partition coefficient (Wildman–Crippen LogP) is 4.48. The van der Waals surface area contributed by atoms with Gasteiger partial charge in [-0.25, -0.2) is 4.39 Å². The Balaban J connectivity index is 2.20. The molecule has 0 aliphatic rings. The van der Waals surface area contributed by atoms with Gasteiger partial charge in [-0.2, -0.15) is 0 Å². The largest absolute Gasteiger partial charge is 0.388 e. The molecular weight excluding hydrogens is 307 g/mol. The van der Waals surface area contributed by atoms with Gasteiger partial charge in [0.2, 0.25) is 0 Å². The number of hydrogen-bond acceptors (Lipinski definition) is 1. The Hall–Kier alpha value is -1.19. The van der Waals surface area contributed by atoms with Crippen LogP contribution in [0.5, 0.6) is 0 Å². The summed E-state index contributed by atoms with van der Waals surface area (Å²) in [5.41, 5.74) is 4.15. The lowest BCUT2D eigenvalue weighted by Gasteiger charge is -2.14. The molecule has 2 aromatic rings. The van der Waals surface area contributed by atoms with Gasteiger partial charge in [0.1, 0.15) is 5.82 Å². The van der Waals surface area contributed by atoms with Gasteiger partial charge in [0.25, 0.3) is 0 Å². The van der Waals surface area contributed by atoms with Gasteiger partial charge in [0.05, 0.1) is 6.10 Å². The van der Waals surface area contributed by atoms with Crippen LogP contribution in [0.2, 0.25) is 0 Å². The Morgan fingerprint density at radius 2 is 1.84 bits per heavy atom. The molecule has 19 heavy (non-hydrogen) atoms. The molecule has 0 spiro atoms. The molecule has 100 valence electrons. The van der Waals surface area contributed by atoms with E-state index in [-0.39, 0.29) is 5.82 Å². The van der Waals surface area contributed by atoms with Crippen molar-refractivity contribution in [3.05, 3.63) is 68.9 Å². The fourth-order valence-corrected chi connectivity index (χ4v) is 2.50. The van der Waals surface area contributed by atoms with E-state index in [1.807, 2.05) is 32.0 Å². The summed E-state index contributed by atoms with van der Waals surface area (Å²) in [4.78, 5) is 0. The standard InChI is InChI=1S/C16H16BrFO/c1-10-3-4-13(7-11(10)2)16(19)8-12-5-6-14(18)9-15(12)17/h3-7,9,16,19H,8H2,1-2H3. The minimum atomic E-state index is -0.582. The zero-order valence-corrected chi connectivity index (χ0v) is 12.5. The van der Waals surface area contributed by atoms with E-state index in [1.54, 1.807) is 6.07 Å². The second-order valence-electron chi connectivity index (χ2n) is 4.80. The molecule has 2 aromatic carbocycles. The van der Waals surface area contributed by atoms with Gasteiger partial charge in [-0.05, 0) is 48.2 Å². The molecular formula is C16H16BrFO. The fraction of sp³-hybridized carbons (Fsp3) is 0.250.